The summed E-state index contributed by atoms with van der Waals surface area (Å²) in [4.78, 5) is 4.05. The topological polar surface area (TPSA) is 0 Å². The molecule has 0 saturated carbocycles. The van der Waals surface area contributed by atoms with Gasteiger partial charge in [-0.3, -0.25) is 0 Å². The Labute approximate surface area is 268 Å². The van der Waals surface area contributed by atoms with Gasteiger partial charge in [0.05, 0.1) is 13.5 Å². The van der Waals surface area contributed by atoms with E-state index in [-0.39, 0.29) is 20.9 Å². The Morgan fingerprint density at radius 3 is 1.36 bits per heavy atom. The summed E-state index contributed by atoms with van der Waals surface area (Å²) in [6, 6.07) is 16.6. The molecule has 6 aromatic rings. The highest BCUT2D eigenvalue weighted by molar-refractivity contribution is 9.11. The minimum absolute atomic E-state index is 0.247. The van der Waals surface area contributed by atoms with Crippen molar-refractivity contribution in [2.45, 2.75) is 17.8 Å². The maximum atomic E-state index is 16.0. The maximum absolute atomic E-state index is 16.0. The van der Waals surface area contributed by atoms with E-state index in [0.717, 1.165) is 31.3 Å². The van der Waals surface area contributed by atoms with E-state index in [2.05, 4.69) is 15.9 Å². The molecule has 0 amide bonds. The highest BCUT2D eigenvalue weighted by Gasteiger charge is 2.80. The molecule has 0 atom stereocenters. The number of hydrogen-bond donors (Lipinski definition) is 0. The first-order chi connectivity index (χ1) is 20.0. The second-order valence-corrected chi connectivity index (χ2v) is 16.6. The number of allylic oxidation sites excluding steroid dienone is 2. The van der Waals surface area contributed by atoms with Crippen molar-refractivity contribution in [2.24, 2.45) is 0 Å². The van der Waals surface area contributed by atoms with Gasteiger partial charge in [0, 0.05) is 51.5 Å². The van der Waals surface area contributed by atoms with Crippen LogP contribution in [0.3, 0.4) is 0 Å². The smallest absolute Gasteiger partial charge is 0.194 e. The molecule has 0 saturated heterocycles. The SMILES string of the molecule is FC1(F)C(c2cc(-c3cccs3)sc2-c2cccs2)=C(c2cc(-c3ccc(Br)s3)sc2-c2cccs2)C(F)(F)C1(F)F. The van der Waals surface area contributed by atoms with Crippen LogP contribution in [0.4, 0.5) is 26.3 Å². The molecule has 0 unspecified atom stereocenters. The zero-order valence-electron chi connectivity index (χ0n) is 20.6. The molecule has 0 spiro atoms. The lowest BCUT2D eigenvalue weighted by Gasteiger charge is -2.25. The van der Waals surface area contributed by atoms with Gasteiger partial charge >= 0.3 is 17.8 Å². The number of thiophene rings is 6. The Bertz CT molecular complexity index is 1920. The fraction of sp³-hybridized carbons (Fsp3) is 0.103. The average molecular weight is 748 g/mol. The van der Waals surface area contributed by atoms with Crippen LogP contribution in [0, 0.1) is 0 Å². The fourth-order valence-electron chi connectivity index (χ4n) is 4.88. The van der Waals surface area contributed by atoms with E-state index in [1.807, 2.05) is 0 Å². The van der Waals surface area contributed by atoms with Gasteiger partial charge in [-0.05, 0) is 74.5 Å². The van der Waals surface area contributed by atoms with E-state index < -0.39 is 28.9 Å². The molecule has 42 heavy (non-hydrogen) atoms. The van der Waals surface area contributed by atoms with Crippen LogP contribution in [0.25, 0.3) is 50.2 Å². The van der Waals surface area contributed by atoms with Gasteiger partial charge in [0.1, 0.15) is 0 Å². The second kappa shape index (κ2) is 10.3. The van der Waals surface area contributed by atoms with Gasteiger partial charge in [-0.25, -0.2) is 0 Å². The molecular formula is C29H13BrF6S6. The Morgan fingerprint density at radius 2 is 0.952 bits per heavy atom. The van der Waals surface area contributed by atoms with Crippen molar-refractivity contribution in [2.75, 3.05) is 0 Å². The summed E-state index contributed by atoms with van der Waals surface area (Å²) in [7, 11) is 0. The van der Waals surface area contributed by atoms with Gasteiger partial charge in [-0.15, -0.1) is 68.0 Å². The molecule has 0 nitrogen and oxygen atoms in total. The molecule has 6 aromatic heterocycles. The zero-order valence-corrected chi connectivity index (χ0v) is 27.1. The Kier molecular flexibility index (Phi) is 7.04. The lowest BCUT2D eigenvalue weighted by Crippen LogP contribution is -2.48. The lowest BCUT2D eigenvalue weighted by atomic mass is 9.94. The van der Waals surface area contributed by atoms with E-state index in [4.69, 9.17) is 0 Å². The normalized spacial score (nSPS) is 17.4. The van der Waals surface area contributed by atoms with Crippen LogP contribution in [0.5, 0.6) is 0 Å². The standard InChI is InChI=1S/C29H13BrF6S6/c30-22-8-7-17(40-22)21-13-15(26(42-21)19-6-3-11-39-19)24-23(27(31,32)29(35,36)28(24,33)34)14-12-20(16-4-1-9-37-16)41-25(14)18-5-2-10-38-18/h1-13H. The molecular weight excluding hydrogens is 735 g/mol. The molecule has 0 aromatic carbocycles. The van der Waals surface area contributed by atoms with E-state index in [0.29, 0.717) is 24.4 Å². The first kappa shape index (κ1) is 28.8. The van der Waals surface area contributed by atoms with Gasteiger partial charge in [0.15, 0.2) is 0 Å². The molecule has 0 radical (unpaired) electrons. The van der Waals surface area contributed by atoms with Crippen molar-refractivity contribution in [3.05, 3.63) is 91.7 Å². The maximum Gasteiger partial charge on any atom is 0.380 e. The van der Waals surface area contributed by atoms with Crippen LogP contribution in [-0.4, -0.2) is 17.8 Å². The summed E-state index contributed by atoms with van der Waals surface area (Å²) in [6.07, 6.45) is 0. The molecule has 1 aliphatic carbocycles. The third-order valence-corrected chi connectivity index (χ3v) is 14.0. The molecule has 7 rings (SSSR count). The number of alkyl halides is 6. The first-order valence-corrected chi connectivity index (χ1v) is 17.9. The quantitative estimate of drug-likeness (QED) is 0.149. The number of halogens is 7. The van der Waals surface area contributed by atoms with Gasteiger partial charge in [-0.2, -0.15) is 26.3 Å². The van der Waals surface area contributed by atoms with Crippen molar-refractivity contribution in [1.29, 1.82) is 0 Å². The second-order valence-electron chi connectivity index (χ2n) is 9.22. The number of rotatable bonds is 6. The molecule has 1 aliphatic rings. The number of hydrogen-bond acceptors (Lipinski definition) is 6. The molecule has 0 fully saturated rings. The highest BCUT2D eigenvalue weighted by atomic mass is 79.9. The predicted molar refractivity (Wildman–Crippen MR) is 171 cm³/mol. The Balaban J connectivity index is 1.58. The minimum atomic E-state index is -5.65. The highest BCUT2D eigenvalue weighted by Crippen LogP contribution is 2.67. The summed E-state index contributed by atoms with van der Waals surface area (Å²) < 4.78 is 95.6. The molecule has 6 heterocycles. The molecule has 214 valence electrons. The largest absolute Gasteiger partial charge is 0.380 e. The Morgan fingerprint density at radius 1 is 0.500 bits per heavy atom. The predicted octanol–water partition coefficient (Wildman–Crippen LogP) is 13.3. The summed E-state index contributed by atoms with van der Waals surface area (Å²) in [5.74, 6) is -15.9. The van der Waals surface area contributed by atoms with Crippen LogP contribution in [0.15, 0.2) is 80.6 Å². The van der Waals surface area contributed by atoms with Crippen molar-refractivity contribution >= 4 is 95.1 Å². The third-order valence-electron chi connectivity index (χ3n) is 6.74. The van der Waals surface area contributed by atoms with Crippen molar-refractivity contribution in [1.82, 2.24) is 0 Å². The zero-order chi connectivity index (χ0) is 29.4. The van der Waals surface area contributed by atoms with Gasteiger partial charge in [0.2, 0.25) is 0 Å². The Hall–Kier alpha value is -2.00. The fourth-order valence-corrected chi connectivity index (χ4v) is 11.2. The van der Waals surface area contributed by atoms with Crippen molar-refractivity contribution < 1.29 is 26.3 Å². The van der Waals surface area contributed by atoms with Crippen LogP contribution in [0.2, 0.25) is 0 Å². The van der Waals surface area contributed by atoms with Gasteiger partial charge in [-0.1, -0.05) is 18.2 Å². The summed E-state index contributed by atoms with van der Waals surface area (Å²) in [5, 5.41) is 5.26. The average Bonchev–Trinajstić information content (AvgIpc) is 3.77. The van der Waals surface area contributed by atoms with E-state index >= 15 is 26.3 Å². The monoisotopic (exact) mass is 746 g/mol. The van der Waals surface area contributed by atoms with Crippen LogP contribution in [-0.2, 0) is 0 Å². The van der Waals surface area contributed by atoms with Crippen LogP contribution in [0.1, 0.15) is 11.1 Å². The summed E-state index contributed by atoms with van der Waals surface area (Å²) >= 11 is 10.8. The lowest BCUT2D eigenvalue weighted by molar-refractivity contribution is -0.254. The molecule has 0 aliphatic heterocycles. The van der Waals surface area contributed by atoms with Crippen molar-refractivity contribution in [3.8, 4) is 39.0 Å². The summed E-state index contributed by atoms with van der Waals surface area (Å²) in [5.41, 5.74) is -3.26. The van der Waals surface area contributed by atoms with Gasteiger partial charge < -0.3 is 0 Å². The molecule has 0 N–H and O–H groups in total. The van der Waals surface area contributed by atoms with E-state index in [1.54, 1.807) is 64.7 Å². The third kappa shape index (κ3) is 4.30. The molecule has 13 heteroatoms. The molecule has 0 bridgehead atoms. The van der Waals surface area contributed by atoms with Crippen LogP contribution >= 0.6 is 84.0 Å². The summed E-state index contributed by atoms with van der Waals surface area (Å²) in [6.45, 7) is 0. The van der Waals surface area contributed by atoms with E-state index in [1.165, 1.54) is 57.5 Å². The van der Waals surface area contributed by atoms with Crippen molar-refractivity contribution in [3.63, 3.8) is 0 Å². The van der Waals surface area contributed by atoms with Crippen LogP contribution < -0.4 is 0 Å². The van der Waals surface area contributed by atoms with Gasteiger partial charge in [0.25, 0.3) is 0 Å². The van der Waals surface area contributed by atoms with E-state index in [9.17, 15) is 0 Å². The minimum Gasteiger partial charge on any atom is -0.194 e. The first-order valence-electron chi connectivity index (χ1n) is 12.0.